The van der Waals surface area contributed by atoms with E-state index in [1.807, 2.05) is 32.0 Å². The Balaban J connectivity index is 1.54. The Morgan fingerprint density at radius 3 is 2.52 bits per heavy atom. The van der Waals surface area contributed by atoms with Crippen LogP contribution in [0.3, 0.4) is 0 Å². The van der Waals surface area contributed by atoms with Crippen LogP contribution in [0.15, 0.2) is 42.5 Å². The van der Waals surface area contributed by atoms with E-state index in [-0.39, 0.29) is 36.1 Å². The first-order valence-electron chi connectivity index (χ1n) is 9.12. The predicted molar refractivity (Wildman–Crippen MR) is 104 cm³/mol. The van der Waals surface area contributed by atoms with E-state index >= 15 is 0 Å². The molecule has 1 aliphatic rings. The highest BCUT2D eigenvalue weighted by Gasteiger charge is 2.29. The first kappa shape index (κ1) is 18.9. The molecule has 0 radical (unpaired) electrons. The topological polar surface area (TPSA) is 70.2 Å². The monoisotopic (exact) mass is 369 g/mol. The van der Waals surface area contributed by atoms with E-state index in [2.05, 4.69) is 16.0 Å². The number of hydrogen-bond donors (Lipinski definition) is 3. The van der Waals surface area contributed by atoms with Gasteiger partial charge in [-0.1, -0.05) is 18.2 Å². The summed E-state index contributed by atoms with van der Waals surface area (Å²) in [4.78, 5) is 24.1. The van der Waals surface area contributed by atoms with Gasteiger partial charge in [-0.3, -0.25) is 9.59 Å². The fraction of sp³-hybridized carbons (Fsp3) is 0.333. The highest BCUT2D eigenvalue weighted by molar-refractivity contribution is 5.94. The Kier molecular flexibility index (Phi) is 5.74. The van der Waals surface area contributed by atoms with Crippen molar-refractivity contribution in [3.63, 3.8) is 0 Å². The first-order valence-corrected chi connectivity index (χ1v) is 9.12. The minimum atomic E-state index is -0.303. The highest BCUT2D eigenvalue weighted by atomic mass is 19.1. The van der Waals surface area contributed by atoms with Crippen LogP contribution >= 0.6 is 0 Å². The summed E-state index contributed by atoms with van der Waals surface area (Å²) in [5.74, 6) is -0.279. The van der Waals surface area contributed by atoms with Crippen LogP contribution in [0.2, 0.25) is 0 Å². The van der Waals surface area contributed by atoms with Crippen molar-refractivity contribution in [3.8, 4) is 0 Å². The summed E-state index contributed by atoms with van der Waals surface area (Å²) in [6, 6.07) is 11.5. The molecule has 0 aliphatic heterocycles. The van der Waals surface area contributed by atoms with E-state index in [1.54, 1.807) is 12.1 Å². The van der Waals surface area contributed by atoms with Crippen molar-refractivity contribution >= 4 is 23.2 Å². The highest BCUT2D eigenvalue weighted by Crippen LogP contribution is 2.30. The smallest absolute Gasteiger partial charge is 0.239 e. The molecule has 0 spiro atoms. The van der Waals surface area contributed by atoms with Gasteiger partial charge in [-0.05, 0) is 62.1 Å². The molecule has 2 amide bonds. The molecule has 3 N–H and O–H groups in total. The third-order valence-corrected chi connectivity index (χ3v) is 4.64. The van der Waals surface area contributed by atoms with Crippen molar-refractivity contribution in [2.24, 2.45) is 5.92 Å². The van der Waals surface area contributed by atoms with Crippen molar-refractivity contribution in [2.45, 2.75) is 32.7 Å². The van der Waals surface area contributed by atoms with Crippen LogP contribution in [0.25, 0.3) is 0 Å². The molecular weight excluding hydrogens is 345 g/mol. The number of carbonyl (C=O) groups excluding carboxylic acids is 2. The maximum atomic E-state index is 13.0. The summed E-state index contributed by atoms with van der Waals surface area (Å²) in [7, 11) is 0. The number of halogens is 1. The normalized spacial score (nSPS) is 14.3. The molecule has 142 valence electrons. The lowest BCUT2D eigenvalue weighted by molar-refractivity contribution is -0.120. The fourth-order valence-electron chi connectivity index (χ4n) is 2.78. The summed E-state index contributed by atoms with van der Waals surface area (Å²) in [6.45, 7) is 3.89. The zero-order chi connectivity index (χ0) is 19.4. The summed E-state index contributed by atoms with van der Waals surface area (Å²) in [5.41, 5.74) is 3.35. The Hall–Kier alpha value is -2.89. The van der Waals surface area contributed by atoms with E-state index in [4.69, 9.17) is 0 Å². The van der Waals surface area contributed by atoms with Gasteiger partial charge in [0.2, 0.25) is 11.8 Å². The second-order valence-electron chi connectivity index (χ2n) is 6.99. The van der Waals surface area contributed by atoms with Gasteiger partial charge < -0.3 is 16.0 Å². The molecule has 3 rings (SSSR count). The third kappa shape index (κ3) is 5.29. The number of aryl methyl sites for hydroxylation is 1. The Bertz CT molecular complexity index is 832. The van der Waals surface area contributed by atoms with Crippen molar-refractivity contribution in [3.05, 3.63) is 59.4 Å². The molecule has 2 aromatic carbocycles. The van der Waals surface area contributed by atoms with Gasteiger partial charge in [-0.15, -0.1) is 0 Å². The van der Waals surface area contributed by atoms with E-state index in [9.17, 15) is 14.0 Å². The quantitative estimate of drug-likeness (QED) is 0.696. The van der Waals surface area contributed by atoms with Gasteiger partial charge in [0, 0.05) is 17.3 Å². The van der Waals surface area contributed by atoms with Gasteiger partial charge >= 0.3 is 0 Å². The van der Waals surface area contributed by atoms with E-state index in [0.29, 0.717) is 0 Å². The standard InChI is InChI=1S/C21H24FN3O2/c1-13-3-10-18(25-21(27)16-4-5-16)11-19(13)23-12-20(26)24-14(2)15-6-8-17(22)9-7-15/h3,6-11,14,16,23H,4-5,12H2,1-2H3,(H,24,26)(H,25,27)/t14-/m0/s1. The van der Waals surface area contributed by atoms with E-state index < -0.39 is 0 Å². The van der Waals surface area contributed by atoms with Crippen LogP contribution in [0.1, 0.15) is 36.9 Å². The van der Waals surface area contributed by atoms with E-state index in [0.717, 1.165) is 35.3 Å². The average molecular weight is 369 g/mol. The van der Waals surface area contributed by atoms with Gasteiger partial charge in [-0.25, -0.2) is 4.39 Å². The van der Waals surface area contributed by atoms with Crippen LogP contribution in [-0.4, -0.2) is 18.4 Å². The number of amides is 2. The SMILES string of the molecule is Cc1ccc(NC(=O)C2CC2)cc1NCC(=O)N[C@@H](C)c1ccc(F)cc1. The molecule has 2 aromatic rings. The second kappa shape index (κ2) is 8.20. The van der Waals surface area contributed by atoms with Crippen LogP contribution in [0.5, 0.6) is 0 Å². The van der Waals surface area contributed by atoms with Crippen LogP contribution in [-0.2, 0) is 9.59 Å². The Morgan fingerprint density at radius 1 is 1.15 bits per heavy atom. The lowest BCUT2D eigenvalue weighted by Gasteiger charge is -2.16. The molecule has 0 aromatic heterocycles. The van der Waals surface area contributed by atoms with Crippen molar-refractivity contribution in [1.29, 1.82) is 0 Å². The molecule has 0 saturated heterocycles. The second-order valence-corrected chi connectivity index (χ2v) is 6.99. The molecule has 0 unspecified atom stereocenters. The third-order valence-electron chi connectivity index (χ3n) is 4.64. The molecule has 0 bridgehead atoms. The number of benzene rings is 2. The van der Waals surface area contributed by atoms with Crippen LogP contribution in [0.4, 0.5) is 15.8 Å². The molecule has 6 heteroatoms. The first-order chi connectivity index (χ1) is 12.9. The molecule has 1 aliphatic carbocycles. The van der Waals surface area contributed by atoms with Gasteiger partial charge in [0.1, 0.15) is 5.82 Å². The van der Waals surface area contributed by atoms with Crippen molar-refractivity contribution in [1.82, 2.24) is 5.32 Å². The summed E-state index contributed by atoms with van der Waals surface area (Å²) >= 11 is 0. The predicted octanol–water partition coefficient (Wildman–Crippen LogP) is 3.77. The minimum absolute atomic E-state index is 0.0515. The summed E-state index contributed by atoms with van der Waals surface area (Å²) < 4.78 is 13.0. The van der Waals surface area contributed by atoms with Crippen LogP contribution < -0.4 is 16.0 Å². The van der Waals surface area contributed by atoms with Gasteiger partial charge in [0.05, 0.1) is 12.6 Å². The molecule has 1 atom stereocenters. The van der Waals surface area contributed by atoms with Gasteiger partial charge in [0.25, 0.3) is 0 Å². The molecule has 5 nitrogen and oxygen atoms in total. The largest absolute Gasteiger partial charge is 0.376 e. The summed E-state index contributed by atoms with van der Waals surface area (Å²) in [6.07, 6.45) is 1.91. The molecule has 27 heavy (non-hydrogen) atoms. The molecule has 0 heterocycles. The molecule has 1 saturated carbocycles. The zero-order valence-corrected chi connectivity index (χ0v) is 15.5. The lowest BCUT2D eigenvalue weighted by Crippen LogP contribution is -2.32. The Morgan fingerprint density at radius 2 is 1.85 bits per heavy atom. The van der Waals surface area contributed by atoms with Crippen molar-refractivity contribution in [2.75, 3.05) is 17.2 Å². The van der Waals surface area contributed by atoms with Gasteiger partial charge in [0.15, 0.2) is 0 Å². The Labute approximate surface area is 158 Å². The number of anilines is 2. The molecule has 1 fully saturated rings. The van der Waals surface area contributed by atoms with Crippen LogP contribution in [0, 0.1) is 18.7 Å². The number of carbonyl (C=O) groups is 2. The summed E-state index contributed by atoms with van der Waals surface area (Å²) in [5, 5.41) is 8.90. The van der Waals surface area contributed by atoms with Crippen molar-refractivity contribution < 1.29 is 14.0 Å². The number of hydrogen-bond acceptors (Lipinski definition) is 3. The fourth-order valence-corrected chi connectivity index (χ4v) is 2.78. The average Bonchev–Trinajstić information content (AvgIpc) is 3.48. The van der Waals surface area contributed by atoms with Gasteiger partial charge in [-0.2, -0.15) is 0 Å². The zero-order valence-electron chi connectivity index (χ0n) is 15.5. The lowest BCUT2D eigenvalue weighted by atomic mass is 10.1. The number of rotatable bonds is 7. The van der Waals surface area contributed by atoms with E-state index in [1.165, 1.54) is 12.1 Å². The maximum absolute atomic E-state index is 13.0. The number of nitrogens with one attached hydrogen (secondary N) is 3. The maximum Gasteiger partial charge on any atom is 0.239 e. The molecular formula is C21H24FN3O2. The minimum Gasteiger partial charge on any atom is -0.376 e.